The molecule has 0 radical (unpaired) electrons. The molecule has 0 aliphatic heterocycles. The Bertz CT molecular complexity index is 1130. The molecule has 250 valence electrons. The van der Waals surface area contributed by atoms with E-state index in [0.717, 1.165) is 70.8 Å². The Morgan fingerprint density at radius 1 is 0.886 bits per heavy atom. The van der Waals surface area contributed by atoms with Crippen molar-refractivity contribution < 1.29 is 19.4 Å². The molecule has 4 fully saturated rings. The molecular formula is C39H65NO4. The highest BCUT2D eigenvalue weighted by atomic mass is 16.5. The lowest BCUT2D eigenvalue weighted by Gasteiger charge is -2.71. The zero-order valence-electron chi connectivity index (χ0n) is 29.6. The molecule has 5 aliphatic rings. The Labute approximate surface area is 269 Å². The maximum absolute atomic E-state index is 13.0. The number of fused-ring (bicyclic) bond motifs is 7. The number of aliphatic carboxylic acids is 1. The monoisotopic (exact) mass is 611 g/mol. The molecule has 0 aromatic rings. The van der Waals surface area contributed by atoms with Crippen molar-refractivity contribution >= 4 is 11.9 Å². The van der Waals surface area contributed by atoms with Crippen LogP contribution in [0.4, 0.5) is 0 Å². The summed E-state index contributed by atoms with van der Waals surface area (Å²) in [5, 5.41) is 14.0. The summed E-state index contributed by atoms with van der Waals surface area (Å²) in [4.78, 5) is 25.9. The molecule has 0 aromatic carbocycles. The van der Waals surface area contributed by atoms with Crippen LogP contribution in [-0.4, -0.2) is 36.2 Å². The summed E-state index contributed by atoms with van der Waals surface area (Å²) < 4.78 is 6.26. The molecular weight excluding hydrogens is 546 g/mol. The number of hydrogen-bond acceptors (Lipinski definition) is 4. The molecule has 0 aromatic heterocycles. The number of esters is 1. The standard InChI is InChI=1S/C39H65NO4/c1-9-10-11-12-13-24-40-26-32(41)44-31-17-18-36(6)29(35(31,4)5)16-19-38(8)30(36)15-14-27-28-25-34(2,3)20-22-39(28,33(42)43)23-21-37(27,38)7/h14,28-31,40H,9-13,15-26H2,1-8H3,(H,42,43)/t28-,29-,30+,31-,36-,37+,38+,39-/m0/s1. The highest BCUT2D eigenvalue weighted by Crippen LogP contribution is 2.75. The van der Waals surface area contributed by atoms with E-state index < -0.39 is 11.4 Å². The van der Waals surface area contributed by atoms with Gasteiger partial charge in [-0.05, 0) is 117 Å². The molecule has 8 atom stereocenters. The highest BCUT2D eigenvalue weighted by molar-refractivity contribution is 5.76. The third-order valence-corrected chi connectivity index (χ3v) is 15.0. The summed E-state index contributed by atoms with van der Waals surface area (Å²) in [6, 6.07) is 0. The average molecular weight is 612 g/mol. The quantitative estimate of drug-likeness (QED) is 0.146. The first-order valence-corrected chi connectivity index (χ1v) is 18.4. The van der Waals surface area contributed by atoms with E-state index in [1.165, 1.54) is 37.7 Å². The van der Waals surface area contributed by atoms with Crippen molar-refractivity contribution in [2.45, 2.75) is 158 Å². The normalized spacial score (nSPS) is 42.1. The summed E-state index contributed by atoms with van der Waals surface area (Å²) >= 11 is 0. The number of hydrogen-bond donors (Lipinski definition) is 2. The van der Waals surface area contributed by atoms with Gasteiger partial charge in [-0.2, -0.15) is 0 Å². The van der Waals surface area contributed by atoms with Crippen molar-refractivity contribution in [3.63, 3.8) is 0 Å². The topological polar surface area (TPSA) is 75.6 Å². The lowest BCUT2D eigenvalue weighted by Crippen LogP contribution is -2.65. The largest absolute Gasteiger partial charge is 0.481 e. The summed E-state index contributed by atoms with van der Waals surface area (Å²) in [6.45, 7) is 20.5. The zero-order valence-corrected chi connectivity index (χ0v) is 29.6. The van der Waals surface area contributed by atoms with E-state index in [1.54, 1.807) is 0 Å². The molecule has 5 heteroatoms. The molecule has 0 bridgehead atoms. The first-order chi connectivity index (χ1) is 20.6. The van der Waals surface area contributed by atoms with Crippen LogP contribution in [0.3, 0.4) is 0 Å². The van der Waals surface area contributed by atoms with Crippen molar-refractivity contribution in [2.75, 3.05) is 13.1 Å². The fourth-order valence-electron chi connectivity index (χ4n) is 12.1. The number of allylic oxidation sites excluding steroid dienone is 2. The molecule has 0 amide bonds. The van der Waals surface area contributed by atoms with Crippen LogP contribution in [0.2, 0.25) is 0 Å². The molecule has 0 heterocycles. The minimum absolute atomic E-state index is 0.0376. The van der Waals surface area contributed by atoms with Crippen molar-refractivity contribution in [3.05, 3.63) is 11.6 Å². The van der Waals surface area contributed by atoms with Crippen molar-refractivity contribution in [2.24, 2.45) is 50.2 Å². The predicted octanol–water partition coefficient (Wildman–Crippen LogP) is 9.34. The van der Waals surface area contributed by atoms with E-state index in [4.69, 9.17) is 4.74 Å². The van der Waals surface area contributed by atoms with Gasteiger partial charge in [0.2, 0.25) is 0 Å². The van der Waals surface area contributed by atoms with Crippen LogP contribution in [0.25, 0.3) is 0 Å². The smallest absolute Gasteiger partial charge is 0.320 e. The van der Waals surface area contributed by atoms with Crippen LogP contribution in [0, 0.1) is 50.2 Å². The van der Waals surface area contributed by atoms with E-state index >= 15 is 0 Å². The van der Waals surface area contributed by atoms with Gasteiger partial charge in [-0.3, -0.25) is 9.59 Å². The first-order valence-electron chi connectivity index (χ1n) is 18.4. The van der Waals surface area contributed by atoms with Crippen molar-refractivity contribution in [1.82, 2.24) is 5.32 Å². The fourth-order valence-corrected chi connectivity index (χ4v) is 12.1. The lowest BCUT2D eigenvalue weighted by molar-refractivity contribution is -0.213. The number of ether oxygens (including phenoxy) is 1. The Morgan fingerprint density at radius 3 is 2.30 bits per heavy atom. The number of unbranched alkanes of at least 4 members (excludes halogenated alkanes) is 4. The van der Waals surface area contributed by atoms with Crippen LogP contribution in [0.15, 0.2) is 11.6 Å². The Hall–Kier alpha value is -1.36. The number of carboxylic acids is 1. The maximum atomic E-state index is 13.0. The van der Waals surface area contributed by atoms with Crippen LogP contribution in [0.1, 0.15) is 152 Å². The highest BCUT2D eigenvalue weighted by Gasteiger charge is 2.69. The molecule has 0 spiro atoms. The van der Waals surface area contributed by atoms with Gasteiger partial charge >= 0.3 is 11.9 Å². The number of carbonyl (C=O) groups is 2. The van der Waals surface area contributed by atoms with Gasteiger partial charge in [0.15, 0.2) is 0 Å². The third-order valence-electron chi connectivity index (χ3n) is 15.0. The van der Waals surface area contributed by atoms with Gasteiger partial charge in [0.1, 0.15) is 6.10 Å². The molecule has 44 heavy (non-hydrogen) atoms. The SMILES string of the molecule is CCCCCCCNCC(=O)O[C@H]1CC[C@]2(C)[C@H]3CC=C4[C@@H]5CC(C)(C)CC[C@]5(C(=O)O)CC[C@@]4(C)[C@]3(C)CC[C@H]2C1(C)C. The lowest BCUT2D eigenvalue weighted by atomic mass is 9.33. The second kappa shape index (κ2) is 12.0. The Morgan fingerprint density at radius 2 is 1.59 bits per heavy atom. The van der Waals surface area contributed by atoms with Gasteiger partial charge < -0.3 is 15.2 Å². The van der Waals surface area contributed by atoms with E-state index in [-0.39, 0.29) is 45.1 Å². The molecule has 4 saturated carbocycles. The maximum Gasteiger partial charge on any atom is 0.320 e. The van der Waals surface area contributed by atoms with Gasteiger partial charge in [0.05, 0.1) is 12.0 Å². The second-order valence-electron chi connectivity index (χ2n) is 18.1. The van der Waals surface area contributed by atoms with Gasteiger partial charge in [0.25, 0.3) is 0 Å². The van der Waals surface area contributed by atoms with Gasteiger partial charge in [-0.15, -0.1) is 0 Å². The summed E-state index contributed by atoms with van der Waals surface area (Å²) in [7, 11) is 0. The van der Waals surface area contributed by atoms with Crippen LogP contribution >= 0.6 is 0 Å². The molecule has 5 nitrogen and oxygen atoms in total. The van der Waals surface area contributed by atoms with Crippen molar-refractivity contribution in [1.29, 1.82) is 0 Å². The van der Waals surface area contributed by atoms with E-state index in [1.807, 2.05) is 0 Å². The average Bonchev–Trinajstić information content (AvgIpc) is 2.94. The number of carbonyl (C=O) groups excluding carboxylic acids is 1. The van der Waals surface area contributed by atoms with Crippen LogP contribution < -0.4 is 5.32 Å². The van der Waals surface area contributed by atoms with E-state index in [0.29, 0.717) is 18.4 Å². The van der Waals surface area contributed by atoms with Gasteiger partial charge in [0, 0.05) is 5.41 Å². The minimum atomic E-state index is -0.584. The molecule has 2 N–H and O–H groups in total. The Kier molecular flexibility index (Phi) is 9.29. The number of nitrogens with one attached hydrogen (secondary N) is 1. The molecule has 0 unspecified atom stereocenters. The van der Waals surface area contributed by atoms with Gasteiger partial charge in [-0.1, -0.05) is 92.7 Å². The molecule has 0 saturated heterocycles. The summed E-state index contributed by atoms with van der Waals surface area (Å²) in [6.07, 6.45) is 18.7. The minimum Gasteiger partial charge on any atom is -0.481 e. The molecule has 5 aliphatic carbocycles. The number of rotatable bonds is 10. The summed E-state index contributed by atoms with van der Waals surface area (Å²) in [5.41, 5.74) is 1.39. The fraction of sp³-hybridized carbons (Fsp3) is 0.897. The third kappa shape index (κ3) is 5.41. The summed E-state index contributed by atoms with van der Waals surface area (Å²) in [5.74, 6) is 0.558. The van der Waals surface area contributed by atoms with E-state index in [2.05, 4.69) is 66.8 Å². The Balaban J connectivity index is 1.32. The number of carboxylic acid groups (broad SMARTS) is 1. The van der Waals surface area contributed by atoms with Gasteiger partial charge in [-0.25, -0.2) is 0 Å². The van der Waals surface area contributed by atoms with E-state index in [9.17, 15) is 14.7 Å². The van der Waals surface area contributed by atoms with Crippen LogP contribution in [0.5, 0.6) is 0 Å². The van der Waals surface area contributed by atoms with Crippen molar-refractivity contribution in [3.8, 4) is 0 Å². The second-order valence-corrected chi connectivity index (χ2v) is 18.1. The first kappa shape index (κ1) is 34.0. The predicted molar refractivity (Wildman–Crippen MR) is 178 cm³/mol. The zero-order chi connectivity index (χ0) is 32.2. The van der Waals surface area contributed by atoms with Crippen LogP contribution in [-0.2, 0) is 14.3 Å². The molecule has 5 rings (SSSR count).